The molecule has 0 aromatic heterocycles. The van der Waals surface area contributed by atoms with E-state index in [9.17, 15) is 58.0 Å². The van der Waals surface area contributed by atoms with Gasteiger partial charge in [0.25, 0.3) is 0 Å². The minimum Gasteiger partial charge on any atom is -0.726 e. The number of Topliss-reactive ketones (excluding diaryl/α,β-unsaturated/α-hetero) is 1. The summed E-state index contributed by atoms with van der Waals surface area (Å²) in [5.41, 5.74) is -8.22. The zero-order chi connectivity index (χ0) is 46.8. The summed E-state index contributed by atoms with van der Waals surface area (Å²) in [4.78, 5) is 40.3. The number of allylic oxidation sites excluding steroid dienone is 1. The van der Waals surface area contributed by atoms with Crippen LogP contribution in [0.3, 0.4) is 0 Å². The summed E-state index contributed by atoms with van der Waals surface area (Å²) < 4.78 is 74.7. The number of carbonyl (C=O) groups is 3. The second kappa shape index (κ2) is 17.3. The maximum absolute atomic E-state index is 14.5. The molecule has 7 aliphatic rings. The maximum Gasteiger partial charge on any atom is 1.00 e. The van der Waals surface area contributed by atoms with Gasteiger partial charge in [0, 0.05) is 13.3 Å². The molecule has 4 aliphatic carbocycles. The third-order valence-corrected chi connectivity index (χ3v) is 17.2. The van der Waals surface area contributed by atoms with E-state index >= 15 is 0 Å². The number of rotatable bonds is 11. The molecule has 18 atom stereocenters. The van der Waals surface area contributed by atoms with E-state index in [0.29, 0.717) is 32.1 Å². The van der Waals surface area contributed by atoms with E-state index in [-0.39, 0.29) is 60.7 Å². The van der Waals surface area contributed by atoms with Crippen LogP contribution in [-0.4, -0.2) is 152 Å². The van der Waals surface area contributed by atoms with Crippen molar-refractivity contribution in [3.8, 4) is 0 Å². The van der Waals surface area contributed by atoms with Crippen molar-refractivity contribution in [3.05, 3.63) is 11.6 Å². The van der Waals surface area contributed by atoms with E-state index in [0.717, 1.165) is 5.57 Å². The van der Waals surface area contributed by atoms with Gasteiger partial charge in [-0.2, -0.15) is 0 Å². The predicted octanol–water partition coefficient (Wildman–Crippen LogP) is -2.17. The van der Waals surface area contributed by atoms with Crippen LogP contribution in [0, 0.1) is 33.5 Å². The monoisotopic (exact) mass is 940 g/mol. The topological polar surface area (TPSA) is 294 Å². The fraction of sp³-hybridized carbons (Fsp3) is 0.884. The zero-order valence-electron chi connectivity index (χ0n) is 38.3. The van der Waals surface area contributed by atoms with Gasteiger partial charge < -0.3 is 63.6 Å². The summed E-state index contributed by atoms with van der Waals surface area (Å²) in [5, 5.41) is 68.0. The Bertz CT molecular complexity index is 1980. The van der Waals surface area contributed by atoms with Gasteiger partial charge in [0.2, 0.25) is 10.4 Å². The molecule has 3 heterocycles. The number of cyclic esters (lactones) is 1. The molecule has 0 amide bonds. The quantitative estimate of drug-likeness (QED) is 0.0321. The Morgan fingerprint density at radius 3 is 2.20 bits per heavy atom. The number of hydrogen-bond acceptors (Lipinski definition) is 19. The van der Waals surface area contributed by atoms with Crippen LogP contribution in [0.4, 0.5) is 0 Å². The zero-order valence-corrected chi connectivity index (χ0v) is 41.2. The number of fused-ring (bicyclic) bond motifs is 4. The number of carbonyl (C=O) groups excluding carboxylic acids is 3. The molecule has 21 heteroatoms. The van der Waals surface area contributed by atoms with Crippen molar-refractivity contribution in [1.82, 2.24) is 0 Å². The molecular weight excluding hydrogens is 876 g/mol. The number of hydrogen-bond donors (Lipinski definition) is 6. The summed E-state index contributed by atoms with van der Waals surface area (Å²) in [6, 6.07) is 0. The van der Waals surface area contributed by atoms with Gasteiger partial charge in [-0.15, -0.1) is 0 Å². The molecule has 3 saturated heterocycles. The predicted molar refractivity (Wildman–Crippen MR) is 213 cm³/mol. The first-order valence-electron chi connectivity index (χ1n) is 21.9. The third-order valence-electron chi connectivity index (χ3n) is 16.7. The van der Waals surface area contributed by atoms with Gasteiger partial charge in [-0.1, -0.05) is 39.3 Å². The molecule has 3 saturated carbocycles. The third kappa shape index (κ3) is 7.92. The fourth-order valence-electron chi connectivity index (χ4n) is 13.4. The molecule has 0 radical (unpaired) electrons. The first kappa shape index (κ1) is 52.2. The molecule has 64 heavy (non-hydrogen) atoms. The van der Waals surface area contributed by atoms with Crippen molar-refractivity contribution in [3.63, 3.8) is 0 Å². The molecule has 0 aromatic carbocycles. The molecule has 19 nitrogen and oxygen atoms in total. The van der Waals surface area contributed by atoms with Crippen LogP contribution in [-0.2, 0) is 57.4 Å². The Kier molecular flexibility index (Phi) is 14.1. The Morgan fingerprint density at radius 1 is 0.922 bits per heavy atom. The maximum atomic E-state index is 14.5. The molecule has 0 aromatic rings. The van der Waals surface area contributed by atoms with Crippen LogP contribution in [0.2, 0.25) is 0 Å². The van der Waals surface area contributed by atoms with E-state index in [1.807, 2.05) is 20.8 Å². The van der Waals surface area contributed by atoms with Gasteiger partial charge in [0.15, 0.2) is 24.0 Å². The van der Waals surface area contributed by atoms with Crippen LogP contribution in [0.5, 0.6) is 0 Å². The van der Waals surface area contributed by atoms with Crippen molar-refractivity contribution in [2.45, 2.75) is 198 Å². The number of esters is 2. The van der Waals surface area contributed by atoms with E-state index in [2.05, 4.69) is 11.1 Å². The first-order chi connectivity index (χ1) is 28.9. The summed E-state index contributed by atoms with van der Waals surface area (Å²) in [7, 11) is -5.32. The van der Waals surface area contributed by atoms with Crippen molar-refractivity contribution in [2.75, 3.05) is 6.61 Å². The molecule has 1 spiro atoms. The Labute approximate surface area is 396 Å². The van der Waals surface area contributed by atoms with E-state index in [4.69, 9.17) is 28.4 Å². The second-order valence-electron chi connectivity index (χ2n) is 21.0. The van der Waals surface area contributed by atoms with Gasteiger partial charge in [-0.05, 0) is 101 Å². The van der Waals surface area contributed by atoms with Gasteiger partial charge in [-0.25, -0.2) is 8.42 Å². The first-order valence-corrected chi connectivity index (χ1v) is 23.3. The Balaban J connectivity index is 0.00000680. The summed E-state index contributed by atoms with van der Waals surface area (Å²) >= 11 is 0. The Morgan fingerprint density at radius 2 is 1.58 bits per heavy atom. The summed E-state index contributed by atoms with van der Waals surface area (Å²) in [6.07, 6.45) is -12.4. The summed E-state index contributed by atoms with van der Waals surface area (Å²) in [5.74, 6) is -2.28. The van der Waals surface area contributed by atoms with Crippen LogP contribution < -0.4 is 29.6 Å². The molecule has 6 N–H and O–H groups in total. The van der Waals surface area contributed by atoms with Crippen LogP contribution in [0.25, 0.3) is 0 Å². The molecule has 0 bridgehead atoms. The SMILES string of the molecule is CC(=O)OC(C)(C)CCC(=O)[C@]1(C)OC(=O)[C@]23[C@@H](O)C=C4C(CCC5C(C)(C)[C@@H](O[C@@H]6OC[C@@H](OS(=O)(=O)[O-])[C@H](O)[C@H]6O[C@@H]6O[C@H](C)[C@@H](O)[C@H](O)[C@H]6O)CC[C@]45C)[C@]2(C)CC[C@@]31O.[Na+]. The normalized spacial score (nSPS) is 47.5. The number of aliphatic hydroxyl groups is 6. The number of ketones is 1. The average Bonchev–Trinajstić information content (AvgIpc) is 3.54. The molecule has 3 aliphatic heterocycles. The van der Waals surface area contributed by atoms with E-state index in [1.165, 1.54) is 20.8 Å². The number of ether oxygens (including phenoxy) is 6. The van der Waals surface area contributed by atoms with Crippen molar-refractivity contribution in [1.29, 1.82) is 0 Å². The standard InChI is InChI=1S/C43H66O19S.Na/c1-20-29(47)31(49)32(50)34(57-20)59-33-30(48)24(62-63(53,54)55)19-56-35(33)58-28-13-15-39(7)23-18-27(46)43-36(51)61-41(9,26(45)12-14-37(3,4)60-21(2)44)42(43,52)17-16-40(43,8)22(23)10-11-25(39)38(28,5)6;/h18,20,22,24-25,27-35,46-50,52H,10-17,19H2,1-9H3,(H,53,54,55);/q;+1/p-1/t20-,22?,24-,25?,27+,28+,29-,30+,31+,32-,33-,34+,35+,39-,40+,41+,42+,43-;/m1./s1. The van der Waals surface area contributed by atoms with Gasteiger partial charge in [0.05, 0.1) is 24.9 Å². The van der Waals surface area contributed by atoms with E-state index < -0.39 is 141 Å². The van der Waals surface area contributed by atoms with Crippen molar-refractivity contribution in [2.24, 2.45) is 33.5 Å². The van der Waals surface area contributed by atoms with E-state index in [1.54, 1.807) is 19.9 Å². The Hall–Kier alpha value is -1.18. The van der Waals surface area contributed by atoms with Crippen LogP contribution >= 0.6 is 0 Å². The summed E-state index contributed by atoms with van der Waals surface area (Å²) in [6.45, 7) is 14.9. The van der Waals surface area contributed by atoms with Crippen molar-refractivity contribution < 1.29 is 120 Å². The fourth-order valence-corrected chi connectivity index (χ4v) is 13.8. The van der Waals surface area contributed by atoms with Gasteiger partial charge >= 0.3 is 41.5 Å². The number of aliphatic hydroxyl groups excluding tert-OH is 5. The molecular formula is C43H65NaO19S. The van der Waals surface area contributed by atoms with Crippen LogP contribution in [0.15, 0.2) is 11.6 Å². The smallest absolute Gasteiger partial charge is 0.726 e. The average molecular weight is 941 g/mol. The second-order valence-corrected chi connectivity index (χ2v) is 22.0. The van der Waals surface area contributed by atoms with Crippen molar-refractivity contribution >= 4 is 28.1 Å². The van der Waals surface area contributed by atoms with Gasteiger partial charge in [0.1, 0.15) is 53.2 Å². The molecule has 7 rings (SSSR count). The molecule has 6 fully saturated rings. The van der Waals surface area contributed by atoms with Crippen LogP contribution in [0.1, 0.15) is 114 Å². The van der Waals surface area contributed by atoms with Gasteiger partial charge in [-0.3, -0.25) is 18.6 Å². The molecule has 358 valence electrons. The minimum atomic E-state index is -5.32. The molecule has 2 unspecified atom stereocenters. The minimum absolute atomic E-state index is 0. The largest absolute Gasteiger partial charge is 1.00 e.